The van der Waals surface area contributed by atoms with E-state index in [0.29, 0.717) is 5.02 Å². The van der Waals surface area contributed by atoms with Crippen molar-refractivity contribution in [2.75, 3.05) is 10.8 Å². The maximum atomic E-state index is 12.9. The Bertz CT molecular complexity index is 875. The van der Waals surface area contributed by atoms with Crippen LogP contribution in [0.4, 0.5) is 5.69 Å². The van der Waals surface area contributed by atoms with Gasteiger partial charge in [-0.1, -0.05) is 40.9 Å². The van der Waals surface area contributed by atoms with E-state index in [-0.39, 0.29) is 20.6 Å². The third kappa shape index (κ3) is 4.12. The number of nitrogens with two attached hydrogens (primary N) is 1. The fourth-order valence-corrected chi connectivity index (χ4v) is 3.87. The van der Waals surface area contributed by atoms with E-state index in [4.69, 9.17) is 40.6 Å². The molecule has 10 heteroatoms. The molecule has 2 aromatic rings. The Morgan fingerprint density at radius 1 is 1.08 bits per heavy atom. The first kappa shape index (κ1) is 18.8. The van der Waals surface area contributed by atoms with Gasteiger partial charge in [0.25, 0.3) is 15.9 Å². The van der Waals surface area contributed by atoms with E-state index >= 15 is 0 Å². The van der Waals surface area contributed by atoms with Crippen molar-refractivity contribution >= 4 is 56.4 Å². The fraction of sp³-hybridized carbons (Fsp3) is 0.0714. The molecule has 0 bridgehead atoms. The van der Waals surface area contributed by atoms with Gasteiger partial charge in [0.05, 0.1) is 20.6 Å². The number of hydrogen-bond acceptors (Lipinski definition) is 4. The van der Waals surface area contributed by atoms with Gasteiger partial charge >= 0.3 is 0 Å². The Labute approximate surface area is 154 Å². The third-order valence-corrected chi connectivity index (χ3v) is 5.77. The Balaban J connectivity index is 2.56. The SMILES string of the molecule is NNC(=O)CN(c1cccc(Cl)c1)S(=O)(=O)c1ccc(Cl)c(Cl)c1. The van der Waals surface area contributed by atoms with Crippen LogP contribution in [0.3, 0.4) is 0 Å². The van der Waals surface area contributed by atoms with Crippen LogP contribution < -0.4 is 15.6 Å². The summed E-state index contributed by atoms with van der Waals surface area (Å²) in [5, 5.41) is 0.603. The zero-order valence-electron chi connectivity index (χ0n) is 12.0. The summed E-state index contributed by atoms with van der Waals surface area (Å²) < 4.78 is 26.7. The van der Waals surface area contributed by atoms with Gasteiger partial charge in [-0.05, 0) is 36.4 Å². The lowest BCUT2D eigenvalue weighted by molar-refractivity contribution is -0.119. The fourth-order valence-electron chi connectivity index (χ4n) is 1.89. The highest BCUT2D eigenvalue weighted by Gasteiger charge is 2.27. The summed E-state index contributed by atoms with van der Waals surface area (Å²) in [6, 6.07) is 9.92. The quantitative estimate of drug-likeness (QED) is 0.452. The molecule has 0 heterocycles. The summed E-state index contributed by atoms with van der Waals surface area (Å²) in [5.74, 6) is 4.37. The minimum absolute atomic E-state index is 0.0760. The summed E-state index contributed by atoms with van der Waals surface area (Å²) in [6.07, 6.45) is 0. The first-order chi connectivity index (χ1) is 11.3. The molecule has 0 saturated carbocycles. The number of carbonyl (C=O) groups is 1. The number of nitrogens with zero attached hydrogens (tertiary/aromatic N) is 1. The van der Waals surface area contributed by atoms with Gasteiger partial charge < -0.3 is 0 Å². The van der Waals surface area contributed by atoms with Crippen LogP contribution in [0, 0.1) is 0 Å². The van der Waals surface area contributed by atoms with Crippen molar-refractivity contribution in [3.63, 3.8) is 0 Å². The van der Waals surface area contributed by atoms with Crippen molar-refractivity contribution in [2.24, 2.45) is 5.84 Å². The molecule has 2 rings (SSSR count). The highest BCUT2D eigenvalue weighted by atomic mass is 35.5. The van der Waals surface area contributed by atoms with E-state index in [1.165, 1.54) is 30.3 Å². The second-order valence-electron chi connectivity index (χ2n) is 4.63. The minimum Gasteiger partial charge on any atom is -0.293 e. The molecule has 0 radical (unpaired) electrons. The molecule has 2 aromatic carbocycles. The first-order valence-corrected chi connectivity index (χ1v) is 9.06. The van der Waals surface area contributed by atoms with E-state index in [1.807, 2.05) is 5.43 Å². The molecule has 128 valence electrons. The molecule has 3 N–H and O–H groups in total. The Hall–Kier alpha value is -1.51. The first-order valence-electron chi connectivity index (χ1n) is 6.48. The van der Waals surface area contributed by atoms with Crippen LogP contribution in [0.5, 0.6) is 0 Å². The van der Waals surface area contributed by atoms with E-state index < -0.39 is 22.5 Å². The zero-order chi connectivity index (χ0) is 17.9. The van der Waals surface area contributed by atoms with E-state index in [0.717, 1.165) is 4.31 Å². The number of hydrazine groups is 1. The maximum Gasteiger partial charge on any atom is 0.264 e. The Morgan fingerprint density at radius 3 is 2.38 bits per heavy atom. The predicted octanol–water partition coefficient (Wildman–Crippen LogP) is 2.83. The molecule has 0 aromatic heterocycles. The van der Waals surface area contributed by atoms with Gasteiger partial charge in [0.2, 0.25) is 0 Å². The molecule has 24 heavy (non-hydrogen) atoms. The monoisotopic (exact) mass is 407 g/mol. The Kier molecular flexibility index (Phi) is 5.95. The lowest BCUT2D eigenvalue weighted by atomic mass is 10.3. The maximum absolute atomic E-state index is 12.9. The number of sulfonamides is 1. The average molecular weight is 409 g/mol. The standard InChI is InChI=1S/C14H12Cl3N3O3S/c15-9-2-1-3-10(6-9)20(8-14(21)19-18)24(22,23)11-4-5-12(16)13(17)7-11/h1-7H,8,18H2,(H,19,21). The molecule has 0 saturated heterocycles. The molecule has 0 aliphatic rings. The van der Waals surface area contributed by atoms with Crippen LogP contribution >= 0.6 is 34.8 Å². The topological polar surface area (TPSA) is 92.5 Å². The highest BCUT2D eigenvalue weighted by molar-refractivity contribution is 7.92. The number of rotatable bonds is 5. The van der Waals surface area contributed by atoms with Crippen molar-refractivity contribution in [1.82, 2.24) is 5.43 Å². The van der Waals surface area contributed by atoms with Crippen LogP contribution in [-0.2, 0) is 14.8 Å². The lowest BCUT2D eigenvalue weighted by Crippen LogP contribution is -2.43. The second-order valence-corrected chi connectivity index (χ2v) is 7.75. The van der Waals surface area contributed by atoms with Crippen molar-refractivity contribution in [3.8, 4) is 0 Å². The Morgan fingerprint density at radius 2 is 1.79 bits per heavy atom. The van der Waals surface area contributed by atoms with Crippen LogP contribution in [0.2, 0.25) is 15.1 Å². The summed E-state index contributed by atoms with van der Waals surface area (Å²) in [6.45, 7) is -0.528. The highest BCUT2D eigenvalue weighted by Crippen LogP contribution is 2.29. The molecule has 0 spiro atoms. The molecule has 0 fully saturated rings. The van der Waals surface area contributed by atoms with Gasteiger partial charge in [-0.3, -0.25) is 14.5 Å². The van der Waals surface area contributed by atoms with Crippen molar-refractivity contribution in [2.45, 2.75) is 4.90 Å². The molecule has 0 aliphatic carbocycles. The number of benzene rings is 2. The molecule has 0 aliphatic heterocycles. The van der Waals surface area contributed by atoms with Gasteiger partial charge in [-0.15, -0.1) is 0 Å². The smallest absolute Gasteiger partial charge is 0.264 e. The predicted molar refractivity (Wildman–Crippen MR) is 94.8 cm³/mol. The summed E-state index contributed by atoms with van der Waals surface area (Å²) >= 11 is 17.6. The van der Waals surface area contributed by atoms with E-state index in [2.05, 4.69) is 0 Å². The molecule has 1 amide bonds. The number of anilines is 1. The van der Waals surface area contributed by atoms with Crippen molar-refractivity contribution < 1.29 is 13.2 Å². The normalized spacial score (nSPS) is 11.2. The molecule has 0 unspecified atom stereocenters. The largest absolute Gasteiger partial charge is 0.293 e. The second kappa shape index (κ2) is 7.58. The molecular formula is C14H12Cl3N3O3S. The molecule has 0 atom stereocenters. The molecule has 6 nitrogen and oxygen atoms in total. The third-order valence-electron chi connectivity index (χ3n) is 3.02. The average Bonchev–Trinajstić information content (AvgIpc) is 2.54. The number of halogens is 3. The van der Waals surface area contributed by atoms with Crippen LogP contribution in [0.15, 0.2) is 47.4 Å². The van der Waals surface area contributed by atoms with Crippen LogP contribution in [-0.4, -0.2) is 20.9 Å². The summed E-state index contributed by atoms with van der Waals surface area (Å²) in [4.78, 5) is 11.5. The minimum atomic E-state index is -4.10. The van der Waals surface area contributed by atoms with Gasteiger partial charge in [0.1, 0.15) is 6.54 Å². The molecular weight excluding hydrogens is 397 g/mol. The van der Waals surface area contributed by atoms with Crippen LogP contribution in [0.1, 0.15) is 0 Å². The summed E-state index contributed by atoms with van der Waals surface area (Å²) in [5.41, 5.74) is 2.10. The summed E-state index contributed by atoms with van der Waals surface area (Å²) in [7, 11) is -4.10. The number of carbonyl (C=O) groups excluding carboxylic acids is 1. The zero-order valence-corrected chi connectivity index (χ0v) is 15.1. The van der Waals surface area contributed by atoms with Crippen molar-refractivity contribution in [3.05, 3.63) is 57.5 Å². The van der Waals surface area contributed by atoms with E-state index in [9.17, 15) is 13.2 Å². The van der Waals surface area contributed by atoms with Gasteiger partial charge in [-0.2, -0.15) is 0 Å². The van der Waals surface area contributed by atoms with Gasteiger partial charge in [-0.25, -0.2) is 14.3 Å². The van der Waals surface area contributed by atoms with E-state index in [1.54, 1.807) is 12.1 Å². The van der Waals surface area contributed by atoms with Crippen LogP contribution in [0.25, 0.3) is 0 Å². The number of hydrogen-bond donors (Lipinski definition) is 2. The number of nitrogens with one attached hydrogen (secondary N) is 1. The number of amides is 1. The van der Waals surface area contributed by atoms with Crippen molar-refractivity contribution in [1.29, 1.82) is 0 Å². The van der Waals surface area contributed by atoms with Gasteiger partial charge in [0, 0.05) is 5.02 Å². The lowest BCUT2D eigenvalue weighted by Gasteiger charge is -2.24. The van der Waals surface area contributed by atoms with Gasteiger partial charge in [0.15, 0.2) is 0 Å².